The summed E-state index contributed by atoms with van der Waals surface area (Å²) >= 11 is 0. The van der Waals surface area contributed by atoms with Gasteiger partial charge in [-0.3, -0.25) is 9.78 Å². The number of fused-ring (bicyclic) bond motifs is 1. The van der Waals surface area contributed by atoms with E-state index in [4.69, 9.17) is 0 Å². The summed E-state index contributed by atoms with van der Waals surface area (Å²) in [6.45, 7) is 0.690. The summed E-state index contributed by atoms with van der Waals surface area (Å²) in [6, 6.07) is 10.1. The first-order valence-corrected chi connectivity index (χ1v) is 5.70. The number of aromatic nitrogens is 1. The minimum atomic E-state index is 0.112. The van der Waals surface area contributed by atoms with Gasteiger partial charge < -0.3 is 10.6 Å². The van der Waals surface area contributed by atoms with Crippen molar-refractivity contribution in [3.63, 3.8) is 0 Å². The second-order valence-electron chi connectivity index (χ2n) is 4.23. The molecule has 0 aliphatic carbocycles. The van der Waals surface area contributed by atoms with Crippen LogP contribution in [0.5, 0.6) is 0 Å². The number of pyridine rings is 1. The van der Waals surface area contributed by atoms with Gasteiger partial charge in [0, 0.05) is 30.2 Å². The van der Waals surface area contributed by atoms with Crippen molar-refractivity contribution in [2.75, 3.05) is 11.9 Å². The number of anilines is 1. The summed E-state index contributed by atoms with van der Waals surface area (Å²) < 4.78 is 0. The van der Waals surface area contributed by atoms with Gasteiger partial charge in [-0.15, -0.1) is 0 Å². The molecular weight excluding hydrogens is 214 g/mol. The predicted octanol–water partition coefficient (Wildman–Crippen LogP) is 1.54. The molecule has 2 heterocycles. The van der Waals surface area contributed by atoms with Crippen molar-refractivity contribution in [3.8, 4) is 0 Å². The molecule has 4 nitrogen and oxygen atoms in total. The van der Waals surface area contributed by atoms with E-state index in [9.17, 15) is 4.79 Å². The van der Waals surface area contributed by atoms with Crippen molar-refractivity contribution in [2.45, 2.75) is 12.5 Å². The van der Waals surface area contributed by atoms with Crippen LogP contribution in [0.1, 0.15) is 6.42 Å². The van der Waals surface area contributed by atoms with Gasteiger partial charge in [-0.05, 0) is 12.1 Å². The lowest BCUT2D eigenvalue weighted by molar-refractivity contribution is -0.119. The zero-order chi connectivity index (χ0) is 11.7. The number of nitrogens with zero attached hydrogens (tertiary/aromatic N) is 1. The highest BCUT2D eigenvalue weighted by Gasteiger charge is 2.21. The molecule has 1 amide bonds. The maximum atomic E-state index is 11.1. The van der Waals surface area contributed by atoms with Crippen LogP contribution >= 0.6 is 0 Å². The maximum absolute atomic E-state index is 11.1. The van der Waals surface area contributed by atoms with Crippen molar-refractivity contribution in [3.05, 3.63) is 36.5 Å². The average molecular weight is 227 g/mol. The summed E-state index contributed by atoms with van der Waals surface area (Å²) in [5, 5.41) is 7.30. The zero-order valence-corrected chi connectivity index (χ0v) is 9.31. The molecule has 0 saturated carbocycles. The fourth-order valence-electron chi connectivity index (χ4n) is 2.15. The normalized spacial score (nSPS) is 19.3. The van der Waals surface area contributed by atoms with Gasteiger partial charge in [0.05, 0.1) is 11.6 Å². The number of hydrogen-bond donors (Lipinski definition) is 2. The van der Waals surface area contributed by atoms with Crippen LogP contribution in [0, 0.1) is 0 Å². The Morgan fingerprint density at radius 2 is 2.18 bits per heavy atom. The Labute approximate surface area is 99.0 Å². The molecular formula is C13H13N3O. The highest BCUT2D eigenvalue weighted by molar-refractivity contribution is 5.91. The van der Waals surface area contributed by atoms with Gasteiger partial charge in [-0.25, -0.2) is 0 Å². The molecule has 17 heavy (non-hydrogen) atoms. The number of hydrogen-bond acceptors (Lipinski definition) is 3. The summed E-state index contributed by atoms with van der Waals surface area (Å²) in [6.07, 6.45) is 2.32. The highest BCUT2D eigenvalue weighted by atomic mass is 16.1. The Hall–Kier alpha value is -2.10. The number of rotatable bonds is 2. The number of carbonyl (C=O) groups is 1. The SMILES string of the molecule is O=C1CC(Nc2ccnc3ccccc23)CN1. The van der Waals surface area contributed by atoms with Crippen LogP contribution in [-0.4, -0.2) is 23.5 Å². The number of nitrogens with one attached hydrogen (secondary N) is 2. The molecule has 4 heteroatoms. The van der Waals surface area contributed by atoms with E-state index in [1.807, 2.05) is 30.3 Å². The predicted molar refractivity (Wildman–Crippen MR) is 66.8 cm³/mol. The molecule has 1 unspecified atom stereocenters. The summed E-state index contributed by atoms with van der Waals surface area (Å²) in [4.78, 5) is 15.5. The highest BCUT2D eigenvalue weighted by Crippen LogP contribution is 2.22. The summed E-state index contributed by atoms with van der Waals surface area (Å²) in [7, 11) is 0. The lowest BCUT2D eigenvalue weighted by Crippen LogP contribution is -2.22. The molecule has 1 aromatic heterocycles. The van der Waals surface area contributed by atoms with E-state index in [1.165, 1.54) is 0 Å². The second kappa shape index (κ2) is 4.05. The monoisotopic (exact) mass is 227 g/mol. The van der Waals surface area contributed by atoms with E-state index < -0.39 is 0 Å². The number of benzene rings is 1. The molecule has 3 rings (SSSR count). The molecule has 1 aliphatic heterocycles. The third-order valence-electron chi connectivity index (χ3n) is 2.99. The maximum Gasteiger partial charge on any atom is 0.222 e. The van der Waals surface area contributed by atoms with E-state index in [1.54, 1.807) is 6.20 Å². The Morgan fingerprint density at radius 3 is 3.00 bits per heavy atom. The quantitative estimate of drug-likeness (QED) is 0.818. The van der Waals surface area contributed by atoms with Crippen molar-refractivity contribution in [1.82, 2.24) is 10.3 Å². The Balaban J connectivity index is 1.92. The molecule has 0 bridgehead atoms. The first-order valence-electron chi connectivity index (χ1n) is 5.70. The van der Waals surface area contributed by atoms with Crippen LogP contribution in [-0.2, 0) is 4.79 Å². The molecule has 1 aliphatic rings. The van der Waals surface area contributed by atoms with Gasteiger partial charge in [0.1, 0.15) is 0 Å². The topological polar surface area (TPSA) is 54.0 Å². The van der Waals surface area contributed by atoms with Crippen LogP contribution in [0.2, 0.25) is 0 Å². The molecule has 1 atom stereocenters. The summed E-state index contributed by atoms with van der Waals surface area (Å²) in [5.74, 6) is 0.112. The van der Waals surface area contributed by atoms with Gasteiger partial charge in [0.15, 0.2) is 0 Å². The van der Waals surface area contributed by atoms with E-state index in [0.717, 1.165) is 16.6 Å². The van der Waals surface area contributed by atoms with Crippen molar-refractivity contribution >= 4 is 22.5 Å². The number of carbonyl (C=O) groups excluding carboxylic acids is 1. The fourth-order valence-corrected chi connectivity index (χ4v) is 2.15. The van der Waals surface area contributed by atoms with Crippen LogP contribution in [0.15, 0.2) is 36.5 Å². The standard InChI is InChI=1S/C13H13N3O/c17-13-7-9(8-15-13)16-12-5-6-14-11-4-2-1-3-10(11)12/h1-6,9H,7-8H2,(H,14,16)(H,15,17). The van der Waals surface area contributed by atoms with E-state index in [0.29, 0.717) is 13.0 Å². The minimum Gasteiger partial charge on any atom is -0.379 e. The van der Waals surface area contributed by atoms with Crippen molar-refractivity contribution < 1.29 is 4.79 Å². The molecule has 1 aromatic carbocycles. The van der Waals surface area contributed by atoms with Gasteiger partial charge in [0.2, 0.25) is 5.91 Å². The number of amides is 1. The fraction of sp³-hybridized carbons (Fsp3) is 0.231. The molecule has 1 saturated heterocycles. The Kier molecular flexibility index (Phi) is 2.40. The van der Waals surface area contributed by atoms with Gasteiger partial charge in [-0.2, -0.15) is 0 Å². The number of para-hydroxylation sites is 1. The van der Waals surface area contributed by atoms with E-state index in [2.05, 4.69) is 15.6 Å². The largest absolute Gasteiger partial charge is 0.379 e. The van der Waals surface area contributed by atoms with Gasteiger partial charge in [0.25, 0.3) is 0 Å². The van der Waals surface area contributed by atoms with Gasteiger partial charge in [-0.1, -0.05) is 18.2 Å². The molecule has 2 aromatic rings. The van der Waals surface area contributed by atoms with E-state index in [-0.39, 0.29) is 11.9 Å². The first-order chi connectivity index (χ1) is 8.33. The minimum absolute atomic E-state index is 0.112. The second-order valence-corrected chi connectivity index (χ2v) is 4.23. The Bertz CT molecular complexity index is 562. The third-order valence-corrected chi connectivity index (χ3v) is 2.99. The van der Waals surface area contributed by atoms with Crippen LogP contribution in [0.4, 0.5) is 5.69 Å². The van der Waals surface area contributed by atoms with Crippen LogP contribution in [0.25, 0.3) is 10.9 Å². The molecule has 2 N–H and O–H groups in total. The third kappa shape index (κ3) is 1.93. The van der Waals surface area contributed by atoms with Gasteiger partial charge >= 0.3 is 0 Å². The van der Waals surface area contributed by atoms with Crippen LogP contribution < -0.4 is 10.6 Å². The smallest absolute Gasteiger partial charge is 0.222 e. The summed E-state index contributed by atoms with van der Waals surface area (Å²) in [5.41, 5.74) is 2.01. The van der Waals surface area contributed by atoms with Crippen molar-refractivity contribution in [2.24, 2.45) is 0 Å². The Morgan fingerprint density at radius 1 is 1.29 bits per heavy atom. The average Bonchev–Trinajstić information content (AvgIpc) is 2.75. The van der Waals surface area contributed by atoms with E-state index >= 15 is 0 Å². The zero-order valence-electron chi connectivity index (χ0n) is 9.31. The van der Waals surface area contributed by atoms with Crippen LogP contribution in [0.3, 0.4) is 0 Å². The van der Waals surface area contributed by atoms with Crippen molar-refractivity contribution in [1.29, 1.82) is 0 Å². The molecule has 0 radical (unpaired) electrons. The lowest BCUT2D eigenvalue weighted by Gasteiger charge is -2.13. The molecule has 86 valence electrons. The lowest BCUT2D eigenvalue weighted by atomic mass is 10.1. The first kappa shape index (κ1) is 10.1. The molecule has 1 fully saturated rings. The molecule has 0 spiro atoms.